The van der Waals surface area contributed by atoms with Crippen LogP contribution >= 0.6 is 0 Å². The Kier molecular flexibility index (Phi) is 4.03. The van der Waals surface area contributed by atoms with Crippen molar-refractivity contribution < 1.29 is 9.21 Å². The second-order valence-electron chi connectivity index (χ2n) is 6.72. The highest BCUT2D eigenvalue weighted by Gasteiger charge is 2.23. The van der Waals surface area contributed by atoms with E-state index in [1.165, 1.54) is 16.8 Å². The first kappa shape index (κ1) is 16.4. The molecule has 134 valence electrons. The number of anilines is 1. The summed E-state index contributed by atoms with van der Waals surface area (Å²) in [5.74, 6) is -0.527. The van der Waals surface area contributed by atoms with Crippen LogP contribution in [0.3, 0.4) is 0 Å². The number of oxazole rings is 1. The highest BCUT2D eigenvalue weighted by Crippen LogP contribution is 2.24. The molecule has 2 heterocycles. The average molecular weight is 351 g/mol. The van der Waals surface area contributed by atoms with Crippen LogP contribution in [0.1, 0.15) is 21.5 Å². The number of benzene rings is 2. The summed E-state index contributed by atoms with van der Waals surface area (Å²) in [5, 5.41) is 0. The zero-order valence-corrected chi connectivity index (χ0v) is 14.9. The Hall–Kier alpha value is -3.02. The number of aromatic amines is 1. The monoisotopic (exact) mass is 351 g/mol. The van der Waals surface area contributed by atoms with Crippen molar-refractivity contribution >= 4 is 22.7 Å². The number of carbonyl (C=O) groups excluding carboxylic acids is 1. The van der Waals surface area contributed by atoms with Crippen LogP contribution in [-0.2, 0) is 0 Å². The van der Waals surface area contributed by atoms with Gasteiger partial charge in [0, 0.05) is 37.4 Å². The molecule has 1 aliphatic heterocycles. The van der Waals surface area contributed by atoms with Gasteiger partial charge in [0.25, 0.3) is 5.91 Å². The van der Waals surface area contributed by atoms with Crippen LogP contribution in [0.25, 0.3) is 11.1 Å². The summed E-state index contributed by atoms with van der Waals surface area (Å²) in [5.41, 5.74) is 5.40. The topological polar surface area (TPSA) is 69.5 Å². The summed E-state index contributed by atoms with van der Waals surface area (Å²) < 4.78 is 4.99. The van der Waals surface area contributed by atoms with Crippen LogP contribution in [-0.4, -0.2) is 42.0 Å². The van der Waals surface area contributed by atoms with Gasteiger partial charge >= 0.3 is 5.76 Å². The number of aromatic nitrogens is 1. The fourth-order valence-corrected chi connectivity index (χ4v) is 3.50. The summed E-state index contributed by atoms with van der Waals surface area (Å²) in [7, 11) is 0. The first-order valence-electron chi connectivity index (χ1n) is 8.76. The van der Waals surface area contributed by atoms with Gasteiger partial charge < -0.3 is 14.2 Å². The minimum Gasteiger partial charge on any atom is -0.408 e. The number of rotatable bonds is 2. The SMILES string of the molecule is Cc1cccc(N2CCN(C(=O)c3ccc4oc(=O)[nH]c4c3)CC2)c1C. The molecule has 0 saturated carbocycles. The molecular formula is C20H21N3O3. The van der Waals surface area contributed by atoms with E-state index in [4.69, 9.17) is 4.42 Å². The van der Waals surface area contributed by atoms with Crippen molar-refractivity contribution in [1.82, 2.24) is 9.88 Å². The predicted octanol–water partition coefficient (Wildman–Crippen LogP) is 2.70. The fourth-order valence-electron chi connectivity index (χ4n) is 3.50. The van der Waals surface area contributed by atoms with Gasteiger partial charge in [-0.1, -0.05) is 12.1 Å². The number of hydrogen-bond acceptors (Lipinski definition) is 4. The molecule has 1 saturated heterocycles. The Morgan fingerprint density at radius 2 is 1.85 bits per heavy atom. The van der Waals surface area contributed by atoms with Gasteiger partial charge in [0.2, 0.25) is 0 Å². The molecule has 1 N–H and O–H groups in total. The molecule has 1 fully saturated rings. The molecular weight excluding hydrogens is 330 g/mol. The van der Waals surface area contributed by atoms with Crippen molar-refractivity contribution in [3.63, 3.8) is 0 Å². The smallest absolute Gasteiger partial charge is 0.408 e. The third kappa shape index (κ3) is 2.87. The molecule has 1 aromatic heterocycles. The first-order valence-corrected chi connectivity index (χ1v) is 8.76. The maximum atomic E-state index is 12.8. The quantitative estimate of drug-likeness (QED) is 0.771. The molecule has 4 rings (SSSR count). The molecule has 1 amide bonds. The Morgan fingerprint density at radius 1 is 1.08 bits per heavy atom. The van der Waals surface area contributed by atoms with E-state index in [1.807, 2.05) is 4.90 Å². The maximum Gasteiger partial charge on any atom is 0.417 e. The van der Waals surface area contributed by atoms with Crippen LogP contribution in [0.4, 0.5) is 5.69 Å². The number of piperazine rings is 1. The molecule has 0 aliphatic carbocycles. The second-order valence-corrected chi connectivity index (χ2v) is 6.72. The van der Waals surface area contributed by atoms with E-state index >= 15 is 0 Å². The normalized spacial score (nSPS) is 14.8. The molecule has 3 aromatic rings. The van der Waals surface area contributed by atoms with E-state index in [0.717, 1.165) is 13.1 Å². The van der Waals surface area contributed by atoms with E-state index < -0.39 is 5.76 Å². The van der Waals surface area contributed by atoms with Crippen molar-refractivity contribution in [3.8, 4) is 0 Å². The number of hydrogen-bond donors (Lipinski definition) is 1. The van der Waals surface area contributed by atoms with Gasteiger partial charge in [-0.3, -0.25) is 9.78 Å². The van der Waals surface area contributed by atoms with Crippen LogP contribution in [0.15, 0.2) is 45.6 Å². The lowest BCUT2D eigenvalue weighted by molar-refractivity contribution is 0.0747. The molecule has 1 aliphatic rings. The molecule has 0 bridgehead atoms. The van der Waals surface area contributed by atoms with E-state index in [0.29, 0.717) is 29.8 Å². The number of nitrogens with zero attached hydrogens (tertiary/aromatic N) is 2. The molecule has 2 aromatic carbocycles. The number of amides is 1. The van der Waals surface area contributed by atoms with Gasteiger partial charge in [0.1, 0.15) is 0 Å². The summed E-state index contributed by atoms with van der Waals surface area (Å²) >= 11 is 0. The Labute approximate surface area is 151 Å². The summed E-state index contributed by atoms with van der Waals surface area (Å²) in [6, 6.07) is 11.4. The number of aryl methyl sites for hydroxylation is 1. The molecule has 0 spiro atoms. The minimum absolute atomic E-state index is 0.0189. The van der Waals surface area contributed by atoms with Crippen molar-refractivity contribution in [3.05, 3.63) is 63.6 Å². The van der Waals surface area contributed by atoms with Crippen molar-refractivity contribution in [2.45, 2.75) is 13.8 Å². The molecule has 26 heavy (non-hydrogen) atoms. The summed E-state index contributed by atoms with van der Waals surface area (Å²) in [6.07, 6.45) is 0. The number of carbonyl (C=O) groups is 1. The third-order valence-electron chi connectivity index (χ3n) is 5.15. The van der Waals surface area contributed by atoms with Crippen molar-refractivity contribution in [2.24, 2.45) is 0 Å². The van der Waals surface area contributed by atoms with E-state index in [9.17, 15) is 9.59 Å². The van der Waals surface area contributed by atoms with E-state index in [-0.39, 0.29) is 5.91 Å². The van der Waals surface area contributed by atoms with Gasteiger partial charge in [0.05, 0.1) is 5.52 Å². The molecule has 0 radical (unpaired) electrons. The first-order chi connectivity index (χ1) is 12.5. The van der Waals surface area contributed by atoms with Gasteiger partial charge in [-0.15, -0.1) is 0 Å². The Morgan fingerprint density at radius 3 is 2.62 bits per heavy atom. The van der Waals surface area contributed by atoms with Crippen LogP contribution in [0.2, 0.25) is 0 Å². The lowest BCUT2D eigenvalue weighted by atomic mass is 10.1. The predicted molar refractivity (Wildman–Crippen MR) is 101 cm³/mol. The molecule has 6 heteroatoms. The molecule has 0 atom stereocenters. The lowest BCUT2D eigenvalue weighted by Gasteiger charge is -2.37. The van der Waals surface area contributed by atoms with Crippen LogP contribution in [0, 0.1) is 13.8 Å². The van der Waals surface area contributed by atoms with Crippen molar-refractivity contribution in [1.29, 1.82) is 0 Å². The van der Waals surface area contributed by atoms with E-state index in [1.54, 1.807) is 18.2 Å². The maximum absolute atomic E-state index is 12.8. The largest absolute Gasteiger partial charge is 0.417 e. The molecule has 0 unspecified atom stereocenters. The van der Waals surface area contributed by atoms with Gasteiger partial charge in [-0.05, 0) is 49.2 Å². The van der Waals surface area contributed by atoms with Gasteiger partial charge in [0.15, 0.2) is 5.58 Å². The summed E-state index contributed by atoms with van der Waals surface area (Å²) in [4.78, 5) is 30.9. The lowest BCUT2D eigenvalue weighted by Crippen LogP contribution is -2.49. The Balaban J connectivity index is 1.49. The zero-order valence-electron chi connectivity index (χ0n) is 14.9. The van der Waals surface area contributed by atoms with Gasteiger partial charge in [-0.2, -0.15) is 0 Å². The molecule has 6 nitrogen and oxygen atoms in total. The van der Waals surface area contributed by atoms with Gasteiger partial charge in [-0.25, -0.2) is 4.79 Å². The van der Waals surface area contributed by atoms with Crippen LogP contribution in [0.5, 0.6) is 0 Å². The third-order valence-corrected chi connectivity index (χ3v) is 5.15. The number of nitrogens with one attached hydrogen (secondary N) is 1. The fraction of sp³-hybridized carbons (Fsp3) is 0.300. The Bertz CT molecular complexity index is 1030. The second kappa shape index (κ2) is 6.37. The van der Waals surface area contributed by atoms with Crippen LogP contribution < -0.4 is 10.7 Å². The average Bonchev–Trinajstić information content (AvgIpc) is 3.03. The summed E-state index contributed by atoms with van der Waals surface area (Å²) in [6.45, 7) is 7.22. The van der Waals surface area contributed by atoms with E-state index in [2.05, 4.69) is 41.9 Å². The number of fused-ring (bicyclic) bond motifs is 1. The van der Waals surface area contributed by atoms with Crippen molar-refractivity contribution in [2.75, 3.05) is 31.1 Å². The standard InChI is InChI=1S/C20H21N3O3/c1-13-4-3-5-17(14(13)2)22-8-10-23(11-9-22)19(24)15-6-7-18-16(12-15)21-20(25)26-18/h3-7,12H,8-11H2,1-2H3,(H,21,25). The minimum atomic E-state index is -0.508. The highest BCUT2D eigenvalue weighted by molar-refractivity contribution is 5.97. The zero-order chi connectivity index (χ0) is 18.3. The highest BCUT2D eigenvalue weighted by atomic mass is 16.4. The number of H-pyrrole nitrogens is 1.